The molecular weight excluding hydrogens is 290 g/mol. The van der Waals surface area contributed by atoms with Crippen LogP contribution >= 0.6 is 11.6 Å². The number of hydrogen-bond donors (Lipinski definition) is 1. The molecule has 0 bridgehead atoms. The number of aliphatic hydroxyl groups excluding tert-OH is 1. The van der Waals surface area contributed by atoms with Gasteiger partial charge in [0.2, 0.25) is 6.29 Å². The van der Waals surface area contributed by atoms with Crippen LogP contribution in [-0.2, 0) is 10.7 Å². The van der Waals surface area contributed by atoms with Crippen molar-refractivity contribution in [3.05, 3.63) is 28.8 Å². The van der Waals surface area contributed by atoms with E-state index >= 15 is 0 Å². The van der Waals surface area contributed by atoms with Crippen LogP contribution in [0.2, 0.25) is 5.02 Å². The van der Waals surface area contributed by atoms with Crippen molar-refractivity contribution in [2.24, 2.45) is 5.92 Å². The molecule has 3 nitrogen and oxygen atoms in total. The van der Waals surface area contributed by atoms with E-state index in [-0.39, 0.29) is 29.0 Å². The number of halogens is 3. The Bertz CT molecular complexity index is 481. The molecule has 6 heteroatoms. The number of alkyl halides is 2. The largest absolute Gasteiger partial charge is 0.489 e. The van der Waals surface area contributed by atoms with Crippen LogP contribution in [0.5, 0.6) is 5.75 Å². The molecule has 0 radical (unpaired) electrons. The molecule has 1 aliphatic rings. The normalized spacial score (nSPS) is 23.5. The molecule has 0 amide bonds. The number of rotatable bonds is 6. The highest BCUT2D eigenvalue weighted by Gasteiger charge is 2.42. The van der Waals surface area contributed by atoms with E-state index < -0.39 is 12.2 Å². The molecule has 1 aliphatic carbocycles. The first-order valence-electron chi connectivity index (χ1n) is 6.50. The zero-order valence-electron chi connectivity index (χ0n) is 11.3. The lowest BCUT2D eigenvalue weighted by atomic mass is 10.1. The van der Waals surface area contributed by atoms with Gasteiger partial charge in [-0.3, -0.25) is 0 Å². The van der Waals surface area contributed by atoms with Crippen molar-refractivity contribution in [2.75, 3.05) is 6.61 Å². The monoisotopic (exact) mass is 306 g/mol. The minimum Gasteiger partial charge on any atom is -0.489 e. The molecule has 112 valence electrons. The summed E-state index contributed by atoms with van der Waals surface area (Å²) in [6.45, 7) is 3.54. The number of aliphatic hydroxyl groups is 1. The number of hydrogen-bond acceptors (Lipinski definition) is 3. The Labute approximate surface area is 121 Å². The van der Waals surface area contributed by atoms with Crippen LogP contribution in [-0.4, -0.2) is 24.1 Å². The van der Waals surface area contributed by atoms with Gasteiger partial charge >= 0.3 is 5.92 Å². The summed E-state index contributed by atoms with van der Waals surface area (Å²) < 4.78 is 38.1. The van der Waals surface area contributed by atoms with E-state index in [1.807, 2.05) is 6.92 Å². The molecule has 2 rings (SSSR count). The van der Waals surface area contributed by atoms with Crippen LogP contribution in [0.1, 0.15) is 25.8 Å². The lowest BCUT2D eigenvalue weighted by Crippen LogP contribution is -2.33. The van der Waals surface area contributed by atoms with Gasteiger partial charge in [-0.05, 0) is 31.4 Å². The lowest BCUT2D eigenvalue weighted by molar-refractivity contribution is -0.238. The molecule has 1 fully saturated rings. The quantitative estimate of drug-likeness (QED) is 0.817. The Kier molecular flexibility index (Phi) is 4.52. The first kappa shape index (κ1) is 15.5. The maximum absolute atomic E-state index is 14.0. The molecule has 20 heavy (non-hydrogen) atoms. The maximum atomic E-state index is 14.0. The van der Waals surface area contributed by atoms with Crippen molar-refractivity contribution in [3.63, 3.8) is 0 Å². The van der Waals surface area contributed by atoms with Crippen molar-refractivity contribution >= 4 is 11.6 Å². The van der Waals surface area contributed by atoms with Crippen molar-refractivity contribution in [3.8, 4) is 5.75 Å². The van der Waals surface area contributed by atoms with Crippen molar-refractivity contribution in [2.45, 2.75) is 38.6 Å². The van der Waals surface area contributed by atoms with E-state index in [2.05, 4.69) is 4.74 Å². The van der Waals surface area contributed by atoms with Crippen molar-refractivity contribution in [1.82, 2.24) is 0 Å². The lowest BCUT2D eigenvalue weighted by Gasteiger charge is -2.23. The van der Waals surface area contributed by atoms with Crippen LogP contribution in [0.4, 0.5) is 8.78 Å². The summed E-state index contributed by atoms with van der Waals surface area (Å²) in [4.78, 5) is 0. The van der Waals surface area contributed by atoms with Crippen LogP contribution in [0.15, 0.2) is 18.2 Å². The Morgan fingerprint density at radius 3 is 2.70 bits per heavy atom. The fraction of sp³-hybridized carbons (Fsp3) is 0.571. The summed E-state index contributed by atoms with van der Waals surface area (Å²) in [6, 6.07) is 3.66. The highest BCUT2D eigenvalue weighted by molar-refractivity contribution is 6.32. The van der Waals surface area contributed by atoms with Crippen LogP contribution in [0.25, 0.3) is 0 Å². The zero-order chi connectivity index (χ0) is 14.9. The second-order valence-electron chi connectivity index (χ2n) is 4.95. The summed E-state index contributed by atoms with van der Waals surface area (Å²) in [6.07, 6.45) is -1.28. The Morgan fingerprint density at radius 2 is 2.15 bits per heavy atom. The Morgan fingerprint density at radius 1 is 1.50 bits per heavy atom. The van der Waals surface area contributed by atoms with Crippen molar-refractivity contribution < 1.29 is 23.4 Å². The average Bonchev–Trinajstić information content (AvgIpc) is 3.07. The summed E-state index contributed by atoms with van der Waals surface area (Å²) in [5, 5.41) is 9.65. The van der Waals surface area contributed by atoms with E-state index in [1.54, 1.807) is 0 Å². The van der Waals surface area contributed by atoms with Crippen LogP contribution < -0.4 is 4.74 Å². The predicted octanol–water partition coefficient (Wildman–Crippen LogP) is 3.57. The van der Waals surface area contributed by atoms with Crippen LogP contribution in [0, 0.1) is 5.92 Å². The third-order valence-corrected chi connectivity index (χ3v) is 3.58. The minimum absolute atomic E-state index is 0.00665. The first-order chi connectivity index (χ1) is 9.36. The molecule has 0 spiro atoms. The second-order valence-corrected chi connectivity index (χ2v) is 5.35. The van der Waals surface area contributed by atoms with E-state index in [0.717, 1.165) is 18.6 Å². The van der Waals surface area contributed by atoms with Gasteiger partial charge in [0.15, 0.2) is 0 Å². The molecule has 0 heterocycles. The third-order valence-electron chi connectivity index (χ3n) is 3.26. The van der Waals surface area contributed by atoms with Gasteiger partial charge in [-0.2, -0.15) is 8.78 Å². The van der Waals surface area contributed by atoms with Crippen LogP contribution in [0.3, 0.4) is 0 Å². The fourth-order valence-electron chi connectivity index (χ4n) is 1.82. The van der Waals surface area contributed by atoms with E-state index in [0.29, 0.717) is 5.92 Å². The summed E-state index contributed by atoms with van der Waals surface area (Å²) in [7, 11) is 0. The van der Waals surface area contributed by atoms with Gasteiger partial charge < -0.3 is 14.6 Å². The summed E-state index contributed by atoms with van der Waals surface area (Å²) >= 11 is 5.94. The molecule has 1 aromatic rings. The fourth-order valence-corrected chi connectivity index (χ4v) is 1.98. The Hall–Kier alpha value is -0.910. The van der Waals surface area contributed by atoms with E-state index in [4.69, 9.17) is 16.3 Å². The highest BCUT2D eigenvalue weighted by atomic mass is 35.5. The number of ether oxygens (including phenoxy) is 2. The SMILES string of the molecule is CCOC(O)C(F)(F)c1ccc(Cl)c(OC2CC2C)c1. The van der Waals surface area contributed by atoms with Gasteiger partial charge in [-0.1, -0.05) is 24.6 Å². The van der Waals surface area contributed by atoms with Crippen molar-refractivity contribution in [1.29, 1.82) is 0 Å². The zero-order valence-corrected chi connectivity index (χ0v) is 12.0. The first-order valence-corrected chi connectivity index (χ1v) is 6.88. The van der Waals surface area contributed by atoms with E-state index in [1.165, 1.54) is 13.0 Å². The topological polar surface area (TPSA) is 38.7 Å². The van der Waals surface area contributed by atoms with E-state index in [9.17, 15) is 13.9 Å². The molecule has 1 N–H and O–H groups in total. The smallest absolute Gasteiger partial charge is 0.322 e. The summed E-state index contributed by atoms with van der Waals surface area (Å²) in [5.41, 5.74) is -0.383. The highest BCUT2D eigenvalue weighted by Crippen LogP contribution is 2.40. The third kappa shape index (κ3) is 3.22. The standard InChI is InChI=1S/C14H17ClF2O3/c1-3-19-13(18)14(16,17)9-4-5-10(15)12(7-9)20-11-6-8(11)2/h4-5,7-8,11,13,18H,3,6H2,1-2H3. The van der Waals surface area contributed by atoms with Gasteiger partial charge in [0.25, 0.3) is 0 Å². The molecule has 0 aromatic heterocycles. The number of benzene rings is 1. The predicted molar refractivity (Wildman–Crippen MR) is 71.2 cm³/mol. The molecule has 0 saturated heterocycles. The second kappa shape index (κ2) is 5.84. The van der Waals surface area contributed by atoms with Gasteiger partial charge in [0.1, 0.15) is 11.9 Å². The van der Waals surface area contributed by atoms with Gasteiger partial charge in [-0.25, -0.2) is 0 Å². The average molecular weight is 307 g/mol. The minimum atomic E-state index is -3.52. The van der Waals surface area contributed by atoms with Gasteiger partial charge in [-0.15, -0.1) is 0 Å². The molecule has 3 atom stereocenters. The molecule has 1 aromatic carbocycles. The molecule has 3 unspecified atom stereocenters. The summed E-state index contributed by atoms with van der Waals surface area (Å²) in [5.74, 6) is -2.90. The molecular formula is C14H17ClF2O3. The Balaban J connectivity index is 2.21. The van der Waals surface area contributed by atoms with Gasteiger partial charge in [0, 0.05) is 12.2 Å². The maximum Gasteiger partial charge on any atom is 0.322 e. The molecule has 1 saturated carbocycles. The van der Waals surface area contributed by atoms with Gasteiger partial charge in [0.05, 0.1) is 5.02 Å². The molecule has 0 aliphatic heterocycles.